The van der Waals surface area contributed by atoms with Crippen LogP contribution in [0.5, 0.6) is 5.75 Å². The van der Waals surface area contributed by atoms with Crippen LogP contribution in [-0.4, -0.2) is 83.2 Å². The number of likely N-dealkylation sites (N-methyl/N-ethyl adjacent to an activating group) is 1. The Labute approximate surface area is 321 Å². The third-order valence-electron chi connectivity index (χ3n) is 11.5. The molecule has 4 heterocycles. The van der Waals surface area contributed by atoms with Crippen molar-refractivity contribution in [3.8, 4) is 5.75 Å². The van der Waals surface area contributed by atoms with E-state index in [4.69, 9.17) is 9.72 Å². The second kappa shape index (κ2) is 16.5. The molecule has 290 valence electrons. The maximum atomic E-state index is 13.2. The van der Waals surface area contributed by atoms with Crippen molar-refractivity contribution in [3.63, 3.8) is 0 Å². The fourth-order valence-corrected chi connectivity index (χ4v) is 8.48. The number of rotatable bonds is 14. The number of fused-ring (bicyclic) bond motifs is 2. The Morgan fingerprint density at radius 1 is 1.02 bits per heavy atom. The lowest BCUT2D eigenvalue weighted by molar-refractivity contribution is -0.137. The minimum atomic E-state index is -0.621. The van der Waals surface area contributed by atoms with Gasteiger partial charge in [-0.3, -0.25) is 29.3 Å². The number of imide groups is 1. The van der Waals surface area contributed by atoms with Crippen LogP contribution in [0.1, 0.15) is 109 Å². The number of methoxy groups -OCH3 is 1. The normalized spacial score (nSPS) is 19.7. The van der Waals surface area contributed by atoms with Gasteiger partial charge in [-0.15, -0.1) is 0 Å². The smallest absolute Gasteiger partial charge is 0.255 e. The van der Waals surface area contributed by atoms with E-state index in [0.717, 1.165) is 74.7 Å². The highest BCUT2D eigenvalue weighted by molar-refractivity contribution is 6.06. The molecule has 1 aliphatic carbocycles. The van der Waals surface area contributed by atoms with Gasteiger partial charge in [0, 0.05) is 43.7 Å². The number of nitrogens with one attached hydrogen (secondary N) is 3. The Hall–Kier alpha value is -5.53. The van der Waals surface area contributed by atoms with E-state index < -0.39 is 11.9 Å². The van der Waals surface area contributed by atoms with E-state index in [-0.39, 0.29) is 42.1 Å². The highest BCUT2D eigenvalue weighted by Crippen LogP contribution is 2.40. The Morgan fingerprint density at radius 2 is 1.82 bits per heavy atom. The lowest BCUT2D eigenvalue weighted by Crippen LogP contribution is -2.55. The largest absolute Gasteiger partial charge is 0.495 e. The Bertz CT molecular complexity index is 1980. The van der Waals surface area contributed by atoms with Gasteiger partial charge < -0.3 is 30.1 Å². The van der Waals surface area contributed by atoms with Crippen LogP contribution in [0.3, 0.4) is 0 Å². The standard InChI is InChI=1S/C41H50N8O6/c1-4-31-40(54)47(2)33-23-43-41(46-36(33)49(31)27-14-8-9-15-27)44-30-18-17-26(22-34(30)55-3)37(51)42-21-10-6-5-7-12-25-13-11-16-28-29(25)24-48(39(28)53)32-19-20-35(50)45-38(32)52/h11,13,16-18,22-23,27,31-32H,4-10,12,14-15,19-21,24H2,1-3H3,(H,42,51)(H,43,44,46)(H,45,50,52). The van der Waals surface area contributed by atoms with Crippen molar-refractivity contribution in [2.45, 2.75) is 109 Å². The lowest BCUT2D eigenvalue weighted by Gasteiger charge is -2.43. The average Bonchev–Trinajstić information content (AvgIpc) is 3.84. The number of amides is 5. The van der Waals surface area contributed by atoms with E-state index in [2.05, 4.69) is 25.8 Å². The second-order valence-corrected chi connectivity index (χ2v) is 14.9. The number of ether oxygens (including phenoxy) is 1. The number of hydrogen-bond donors (Lipinski definition) is 3. The summed E-state index contributed by atoms with van der Waals surface area (Å²) >= 11 is 0. The molecule has 14 nitrogen and oxygen atoms in total. The minimum Gasteiger partial charge on any atom is -0.495 e. The van der Waals surface area contributed by atoms with Crippen molar-refractivity contribution in [2.24, 2.45) is 0 Å². The number of hydrogen-bond acceptors (Lipinski definition) is 10. The molecule has 2 atom stereocenters. The fraction of sp³-hybridized carbons (Fsp3) is 0.488. The third kappa shape index (κ3) is 7.72. The SMILES string of the molecule is CCC1C(=O)N(C)c2cnc(Nc3ccc(C(=O)NCCCCCCc4cccc5c4CN(C4CCC(=O)NC4=O)C5=O)cc3OC)nc2N1C1CCCC1. The first-order chi connectivity index (χ1) is 26.7. The van der Waals surface area contributed by atoms with Crippen LogP contribution in [0, 0.1) is 0 Å². The molecule has 2 fully saturated rings. The van der Waals surface area contributed by atoms with Crippen LogP contribution in [-0.2, 0) is 27.3 Å². The summed E-state index contributed by atoms with van der Waals surface area (Å²) in [4.78, 5) is 78.4. The summed E-state index contributed by atoms with van der Waals surface area (Å²) in [7, 11) is 3.34. The van der Waals surface area contributed by atoms with Gasteiger partial charge in [0.1, 0.15) is 23.5 Å². The van der Waals surface area contributed by atoms with E-state index in [1.165, 1.54) is 0 Å². The number of aryl methyl sites for hydroxylation is 1. The lowest BCUT2D eigenvalue weighted by atomic mass is 9.98. The zero-order valence-electron chi connectivity index (χ0n) is 31.9. The molecule has 2 unspecified atom stereocenters. The number of unbranched alkanes of at least 4 members (excludes halogenated alkanes) is 3. The quantitative estimate of drug-likeness (QED) is 0.150. The van der Waals surface area contributed by atoms with Crippen molar-refractivity contribution < 1.29 is 28.7 Å². The number of carbonyl (C=O) groups excluding carboxylic acids is 5. The van der Waals surface area contributed by atoms with Crippen LogP contribution in [0.15, 0.2) is 42.6 Å². The molecule has 7 rings (SSSR count). The predicted molar refractivity (Wildman–Crippen MR) is 208 cm³/mol. The summed E-state index contributed by atoms with van der Waals surface area (Å²) < 4.78 is 5.66. The van der Waals surface area contributed by atoms with Gasteiger partial charge >= 0.3 is 0 Å². The first kappa shape index (κ1) is 37.8. The molecule has 1 aromatic heterocycles. The first-order valence-electron chi connectivity index (χ1n) is 19.6. The minimum absolute atomic E-state index is 0.0648. The Balaban J connectivity index is 0.895. The van der Waals surface area contributed by atoms with E-state index in [1.54, 1.807) is 48.4 Å². The molecule has 2 aromatic carbocycles. The van der Waals surface area contributed by atoms with Crippen molar-refractivity contribution in [3.05, 3.63) is 64.8 Å². The molecule has 0 radical (unpaired) electrons. The van der Waals surface area contributed by atoms with E-state index in [1.807, 2.05) is 25.1 Å². The zero-order chi connectivity index (χ0) is 38.6. The van der Waals surface area contributed by atoms with Crippen molar-refractivity contribution >= 4 is 52.7 Å². The number of anilines is 4. The molecule has 55 heavy (non-hydrogen) atoms. The summed E-state index contributed by atoms with van der Waals surface area (Å²) in [6.07, 6.45) is 11.8. The summed E-state index contributed by atoms with van der Waals surface area (Å²) in [5.41, 5.74) is 4.52. The van der Waals surface area contributed by atoms with Gasteiger partial charge in [-0.1, -0.05) is 44.7 Å². The van der Waals surface area contributed by atoms with Gasteiger partial charge in [0.25, 0.3) is 11.8 Å². The fourth-order valence-electron chi connectivity index (χ4n) is 8.48. The summed E-state index contributed by atoms with van der Waals surface area (Å²) in [5, 5.41) is 8.65. The summed E-state index contributed by atoms with van der Waals surface area (Å²) in [5.74, 6) is 0.644. The first-order valence-corrected chi connectivity index (χ1v) is 19.6. The molecule has 5 amide bonds. The number of benzene rings is 2. The third-order valence-corrected chi connectivity index (χ3v) is 11.5. The molecule has 14 heteroatoms. The molecule has 3 aromatic rings. The predicted octanol–water partition coefficient (Wildman–Crippen LogP) is 5.03. The van der Waals surface area contributed by atoms with Gasteiger partial charge in [-0.25, -0.2) is 4.98 Å². The van der Waals surface area contributed by atoms with Gasteiger partial charge in [0.15, 0.2) is 5.82 Å². The number of nitrogens with zero attached hydrogens (tertiary/aromatic N) is 5. The van der Waals surface area contributed by atoms with E-state index in [0.29, 0.717) is 60.1 Å². The average molecular weight is 751 g/mol. The van der Waals surface area contributed by atoms with Crippen LogP contribution < -0.4 is 30.5 Å². The highest BCUT2D eigenvalue weighted by Gasteiger charge is 2.42. The molecule has 0 spiro atoms. The Kier molecular flexibility index (Phi) is 11.3. The van der Waals surface area contributed by atoms with Crippen LogP contribution in [0.25, 0.3) is 0 Å². The molecular formula is C41H50N8O6. The molecule has 0 bridgehead atoms. The molecular weight excluding hydrogens is 701 g/mol. The second-order valence-electron chi connectivity index (χ2n) is 14.9. The molecule has 1 saturated carbocycles. The molecule has 4 aliphatic rings. The topological polar surface area (TPSA) is 166 Å². The number of piperidine rings is 1. The number of aromatic nitrogens is 2. The van der Waals surface area contributed by atoms with Gasteiger partial charge in [-0.05, 0) is 80.3 Å². The van der Waals surface area contributed by atoms with Gasteiger partial charge in [0.2, 0.25) is 23.7 Å². The van der Waals surface area contributed by atoms with Gasteiger partial charge in [0.05, 0.1) is 19.0 Å². The van der Waals surface area contributed by atoms with E-state index in [9.17, 15) is 24.0 Å². The van der Waals surface area contributed by atoms with E-state index >= 15 is 0 Å². The highest BCUT2D eigenvalue weighted by atomic mass is 16.5. The van der Waals surface area contributed by atoms with Crippen molar-refractivity contribution in [1.29, 1.82) is 0 Å². The number of carbonyl (C=O) groups is 5. The monoisotopic (exact) mass is 750 g/mol. The molecule has 3 aliphatic heterocycles. The molecule has 3 N–H and O–H groups in total. The summed E-state index contributed by atoms with van der Waals surface area (Å²) in [6.45, 7) is 2.96. The van der Waals surface area contributed by atoms with Crippen LogP contribution >= 0.6 is 0 Å². The maximum Gasteiger partial charge on any atom is 0.255 e. The summed E-state index contributed by atoms with van der Waals surface area (Å²) in [6, 6.07) is 10.4. The molecule has 1 saturated heterocycles. The maximum absolute atomic E-state index is 13.2. The zero-order valence-corrected chi connectivity index (χ0v) is 31.9. The van der Waals surface area contributed by atoms with Crippen LogP contribution in [0.4, 0.5) is 23.1 Å². The van der Waals surface area contributed by atoms with Gasteiger partial charge in [-0.2, -0.15) is 4.98 Å². The van der Waals surface area contributed by atoms with Crippen molar-refractivity contribution in [1.82, 2.24) is 25.5 Å². The Morgan fingerprint density at radius 3 is 2.58 bits per heavy atom. The van der Waals surface area contributed by atoms with Crippen LogP contribution in [0.2, 0.25) is 0 Å². The van der Waals surface area contributed by atoms with Crippen molar-refractivity contribution in [2.75, 3.05) is 35.8 Å².